The molecule has 0 spiro atoms. The number of fused-ring (bicyclic) bond motifs is 1. The fourth-order valence-electron chi connectivity index (χ4n) is 11.0. The van der Waals surface area contributed by atoms with Crippen LogP contribution in [0.4, 0.5) is 8.78 Å². The van der Waals surface area contributed by atoms with Gasteiger partial charge in [0.2, 0.25) is 29.5 Å². The highest BCUT2D eigenvalue weighted by Crippen LogP contribution is 2.31. The van der Waals surface area contributed by atoms with Crippen LogP contribution in [0.3, 0.4) is 0 Å². The van der Waals surface area contributed by atoms with E-state index in [1.807, 2.05) is 31.2 Å². The van der Waals surface area contributed by atoms with Crippen LogP contribution in [-0.4, -0.2) is 307 Å². The predicted octanol–water partition coefficient (Wildman–Crippen LogP) is 0.00332. The number of carbonyl (C=O) groups is 10. The van der Waals surface area contributed by atoms with Gasteiger partial charge in [0, 0.05) is 141 Å². The Balaban J connectivity index is 1.05. The molecule has 6 rings (SSSR count). The van der Waals surface area contributed by atoms with Crippen LogP contribution in [0, 0.1) is 6.92 Å². The van der Waals surface area contributed by atoms with Crippen molar-refractivity contribution >= 4 is 88.2 Å². The van der Waals surface area contributed by atoms with Crippen molar-refractivity contribution in [2.24, 2.45) is 4.99 Å². The second-order valence-corrected chi connectivity index (χ2v) is 24.3. The molecule has 0 aliphatic carbocycles. The number of aromatic nitrogens is 1. The number of benzene rings is 2. The van der Waals surface area contributed by atoms with E-state index in [2.05, 4.69) is 36.1 Å². The number of carboxylic acids is 3. The molecule has 4 heterocycles. The molecule has 3 fully saturated rings. The van der Waals surface area contributed by atoms with Crippen molar-refractivity contribution in [1.82, 2.24) is 60.6 Å². The Hall–Kier alpha value is -7.97. The van der Waals surface area contributed by atoms with Crippen LogP contribution in [0.25, 0.3) is 10.9 Å². The van der Waals surface area contributed by atoms with Crippen molar-refractivity contribution in [2.75, 3.05) is 163 Å². The van der Waals surface area contributed by atoms with Crippen LogP contribution in [-0.2, 0) is 54.3 Å². The number of nitrogens with zero attached hydrogens (tertiary/aromatic N) is 9. The highest BCUT2D eigenvalue weighted by Gasteiger charge is 2.46. The maximum atomic E-state index is 14.5. The number of alkyl halides is 2. The molecule has 510 valence electrons. The van der Waals surface area contributed by atoms with Gasteiger partial charge in [0.1, 0.15) is 17.8 Å². The molecule has 0 unspecified atom stereocenters. The SMILES string of the molecule is C/N=C/[C@H]1CC(F)(F)CN1C(=O)CNC(=O)c1ccnc2ccc(OCCCN3CCN(C(=O)[C@H](CC(=O)OC)NC(=O)[C@H](CSCCNC(=O)CCCc4ccc(C)cc4)NC(=O)CN4CCN(CC(=O)O)CCN(CC(=O)O)CCN(CC(=O)O)CC4)CC3)cc12. The maximum absolute atomic E-state index is 14.5. The molecular weight excluding hydrogens is 1240 g/mol. The molecule has 28 nitrogen and oxygen atoms in total. The number of methoxy groups -OCH3 is 1. The molecule has 3 saturated heterocycles. The summed E-state index contributed by atoms with van der Waals surface area (Å²) in [6, 6.07) is 11.0. The summed E-state index contributed by atoms with van der Waals surface area (Å²) in [5.41, 5.74) is 2.93. The van der Waals surface area contributed by atoms with E-state index in [1.54, 1.807) is 37.8 Å². The van der Waals surface area contributed by atoms with Crippen molar-refractivity contribution in [3.05, 3.63) is 71.4 Å². The second kappa shape index (κ2) is 37.7. The molecule has 3 aliphatic heterocycles. The standard InChI is InChI=1S/C62H87F2N13O15S/c1-43-8-10-44(11-9-43)6-4-7-52(78)67-16-31-93-41-51(69-53(79)37-72-18-20-73(38-55(81)82)22-24-75(40-57(85)86)25-23-74(21-19-72)39-56(83)84)60(89)70-50(33-58(87)91-3)61(90)76-28-26-71(27-29-76)17-5-30-92-46-12-13-49-48(32-46)47(14-15-66-49)59(88)68-36-54(80)77-42-62(63,64)34-45(77)35-65-2/h8-15,32,35,45,50-51H,4-7,16-31,33-34,36-42H2,1-3H3,(H,67,78)(H,68,88)(H,69,79)(H,70,89)(H,81,82)(H,83,84)(H,85,86)/b65-35+/t45-,50+,51+/m1/s1. The molecule has 3 atom stereocenters. The number of nitrogens with one attached hydrogen (secondary N) is 4. The number of carboxylic acid groups (broad SMARTS) is 3. The number of piperazine rings is 1. The van der Waals surface area contributed by atoms with Gasteiger partial charge in [0.25, 0.3) is 11.8 Å². The Morgan fingerprint density at radius 3 is 1.94 bits per heavy atom. The smallest absolute Gasteiger partial charge is 0.317 e. The van der Waals surface area contributed by atoms with E-state index in [0.29, 0.717) is 61.3 Å². The Bertz CT molecular complexity index is 3040. The van der Waals surface area contributed by atoms with Crippen LogP contribution in [0.1, 0.15) is 53.6 Å². The first-order valence-electron chi connectivity index (χ1n) is 31.0. The number of aliphatic carboxylic acids is 3. The summed E-state index contributed by atoms with van der Waals surface area (Å²) >= 11 is 1.25. The Labute approximate surface area is 543 Å². The first kappa shape index (κ1) is 74.1. The van der Waals surface area contributed by atoms with Crippen molar-refractivity contribution in [3.63, 3.8) is 0 Å². The number of hydrogen-bond donors (Lipinski definition) is 7. The number of halogens is 2. The molecule has 2 aromatic carbocycles. The van der Waals surface area contributed by atoms with Crippen LogP contribution >= 0.6 is 11.8 Å². The van der Waals surface area contributed by atoms with E-state index in [0.717, 1.165) is 29.6 Å². The monoisotopic (exact) mass is 1320 g/mol. The lowest BCUT2D eigenvalue weighted by atomic mass is 10.1. The van der Waals surface area contributed by atoms with Gasteiger partial charge in [0.05, 0.1) is 76.5 Å². The van der Waals surface area contributed by atoms with Crippen molar-refractivity contribution in [3.8, 4) is 5.75 Å². The number of aliphatic imine (C=N–C) groups is 1. The summed E-state index contributed by atoms with van der Waals surface area (Å²) in [6.07, 6.45) is 3.85. The molecule has 6 amide bonds. The van der Waals surface area contributed by atoms with E-state index in [9.17, 15) is 72.0 Å². The van der Waals surface area contributed by atoms with Gasteiger partial charge in [-0.1, -0.05) is 29.8 Å². The number of ether oxygens (including phenoxy) is 2. The number of esters is 1. The largest absolute Gasteiger partial charge is 0.494 e. The van der Waals surface area contributed by atoms with Crippen LogP contribution in [0.15, 0.2) is 59.7 Å². The number of amides is 6. The zero-order valence-electron chi connectivity index (χ0n) is 52.9. The summed E-state index contributed by atoms with van der Waals surface area (Å²) in [5, 5.41) is 40.4. The average molecular weight is 1320 g/mol. The van der Waals surface area contributed by atoms with E-state index in [1.165, 1.54) is 42.2 Å². The molecule has 1 aromatic heterocycles. The number of carbonyl (C=O) groups excluding carboxylic acids is 7. The molecule has 3 aliphatic rings. The molecule has 93 heavy (non-hydrogen) atoms. The molecule has 3 aromatic rings. The molecule has 0 saturated carbocycles. The molecule has 7 N–H and O–H groups in total. The fourth-order valence-corrected chi connectivity index (χ4v) is 11.9. The predicted molar refractivity (Wildman–Crippen MR) is 340 cm³/mol. The fraction of sp³-hybridized carbons (Fsp3) is 0.581. The van der Waals surface area contributed by atoms with E-state index in [4.69, 9.17) is 9.47 Å². The summed E-state index contributed by atoms with van der Waals surface area (Å²) in [6.45, 7) is 2.90. The Kier molecular flexibility index (Phi) is 30.0. The van der Waals surface area contributed by atoms with Gasteiger partial charge in [-0.2, -0.15) is 11.8 Å². The van der Waals surface area contributed by atoms with E-state index >= 15 is 0 Å². The van der Waals surface area contributed by atoms with Gasteiger partial charge >= 0.3 is 23.9 Å². The summed E-state index contributed by atoms with van der Waals surface area (Å²) < 4.78 is 39.4. The molecule has 0 radical (unpaired) electrons. The minimum Gasteiger partial charge on any atom is -0.494 e. The summed E-state index contributed by atoms with van der Waals surface area (Å²) in [7, 11) is 2.58. The zero-order chi connectivity index (χ0) is 67.5. The Morgan fingerprint density at radius 2 is 1.34 bits per heavy atom. The van der Waals surface area contributed by atoms with E-state index in [-0.39, 0.29) is 122 Å². The maximum Gasteiger partial charge on any atom is 0.317 e. The average Bonchev–Trinajstić information content (AvgIpc) is 1.81. The first-order chi connectivity index (χ1) is 44.5. The molecule has 31 heteroatoms. The number of rotatable bonds is 32. The van der Waals surface area contributed by atoms with Gasteiger partial charge in [-0.3, -0.25) is 82.4 Å². The number of thioether (sulfide) groups is 1. The van der Waals surface area contributed by atoms with Crippen molar-refractivity contribution in [2.45, 2.75) is 69.5 Å². The lowest BCUT2D eigenvalue weighted by Gasteiger charge is -2.36. The molecular formula is C62H87F2N13O15S. The number of hydrogen-bond acceptors (Lipinski definition) is 20. The topological polar surface area (TPSA) is 346 Å². The third-order valence-electron chi connectivity index (χ3n) is 16.0. The minimum absolute atomic E-state index is 0.0297. The normalized spacial score (nSPS) is 18.0. The third kappa shape index (κ3) is 25.8. The number of pyridine rings is 1. The minimum atomic E-state index is -3.08. The highest BCUT2D eigenvalue weighted by molar-refractivity contribution is 7.99. The van der Waals surface area contributed by atoms with Crippen LogP contribution in [0.5, 0.6) is 5.75 Å². The van der Waals surface area contributed by atoms with Gasteiger partial charge in [-0.25, -0.2) is 8.78 Å². The number of likely N-dealkylation sites (tertiary alicyclic amines) is 1. The highest BCUT2D eigenvalue weighted by atomic mass is 32.2. The number of aryl methyl sites for hydroxylation is 2. The summed E-state index contributed by atoms with van der Waals surface area (Å²) in [4.78, 5) is 150. The van der Waals surface area contributed by atoms with E-state index < -0.39 is 103 Å². The van der Waals surface area contributed by atoms with Crippen LogP contribution < -0.4 is 26.0 Å². The Morgan fingerprint density at radius 1 is 0.742 bits per heavy atom. The van der Waals surface area contributed by atoms with Crippen LogP contribution in [0.2, 0.25) is 0 Å². The van der Waals surface area contributed by atoms with Gasteiger partial charge in [-0.15, -0.1) is 0 Å². The van der Waals surface area contributed by atoms with Gasteiger partial charge in [0.15, 0.2) is 0 Å². The molecule has 0 bridgehead atoms. The van der Waals surface area contributed by atoms with Gasteiger partial charge in [-0.05, 0) is 56.0 Å². The first-order valence-corrected chi connectivity index (χ1v) is 32.1. The quantitative estimate of drug-likeness (QED) is 0.0246. The zero-order valence-corrected chi connectivity index (χ0v) is 53.8. The third-order valence-corrected chi connectivity index (χ3v) is 17.0. The lowest BCUT2D eigenvalue weighted by molar-refractivity contribution is -0.147. The van der Waals surface area contributed by atoms with Crippen molar-refractivity contribution in [1.29, 1.82) is 0 Å². The van der Waals surface area contributed by atoms with Gasteiger partial charge < -0.3 is 55.9 Å². The second-order valence-electron chi connectivity index (χ2n) is 23.2. The summed E-state index contributed by atoms with van der Waals surface area (Å²) in [5.74, 6) is -9.86. The lowest BCUT2D eigenvalue weighted by Crippen LogP contribution is -2.59. The van der Waals surface area contributed by atoms with Crippen molar-refractivity contribution < 1.29 is 81.5 Å².